The second-order valence-corrected chi connectivity index (χ2v) is 3.94. The molecule has 18 heavy (non-hydrogen) atoms. The van der Waals surface area contributed by atoms with Crippen LogP contribution in [0.3, 0.4) is 0 Å². The second-order valence-electron chi connectivity index (χ2n) is 3.94. The molecule has 1 N–H and O–H groups in total. The Bertz CT molecular complexity index is 527. The number of hydrogen-bond donors (Lipinski definition) is 1. The molecule has 0 aliphatic heterocycles. The second kappa shape index (κ2) is 5.39. The van der Waals surface area contributed by atoms with Crippen molar-refractivity contribution in [3.05, 3.63) is 48.3 Å². The summed E-state index contributed by atoms with van der Waals surface area (Å²) in [4.78, 5) is 15.2. The minimum atomic E-state index is -0.763. The fraction of sp³-hybridized carbons (Fsp3) is 0.250. The molecule has 2 aromatic rings. The van der Waals surface area contributed by atoms with Gasteiger partial charge in [-0.05, 0) is 25.1 Å². The molecule has 94 valence electrons. The Balaban J connectivity index is 1.97. The molecule has 0 bridgehead atoms. The van der Waals surface area contributed by atoms with E-state index in [2.05, 4.69) is 15.4 Å². The smallest absolute Gasteiger partial charge is 0.256 e. The predicted molar refractivity (Wildman–Crippen MR) is 63.4 cm³/mol. The zero-order chi connectivity index (χ0) is 13.0. The largest absolute Gasteiger partial charge is 0.348 e. The van der Waals surface area contributed by atoms with Crippen LogP contribution in [0, 0.1) is 5.95 Å². The van der Waals surface area contributed by atoms with Crippen molar-refractivity contribution in [2.45, 2.75) is 19.5 Å². The van der Waals surface area contributed by atoms with Crippen molar-refractivity contribution < 1.29 is 9.18 Å². The van der Waals surface area contributed by atoms with E-state index in [9.17, 15) is 9.18 Å². The van der Waals surface area contributed by atoms with Crippen LogP contribution in [0.25, 0.3) is 0 Å². The fourth-order valence-corrected chi connectivity index (χ4v) is 1.59. The van der Waals surface area contributed by atoms with E-state index >= 15 is 0 Å². The van der Waals surface area contributed by atoms with E-state index < -0.39 is 11.9 Å². The topological polar surface area (TPSA) is 59.8 Å². The molecule has 2 rings (SSSR count). The molecule has 5 nitrogen and oxygen atoms in total. The highest BCUT2D eigenvalue weighted by atomic mass is 19.1. The normalized spacial score (nSPS) is 12.1. The van der Waals surface area contributed by atoms with Crippen molar-refractivity contribution in [3.8, 4) is 0 Å². The van der Waals surface area contributed by atoms with Crippen molar-refractivity contribution in [3.63, 3.8) is 0 Å². The molecule has 0 aliphatic rings. The minimum absolute atomic E-state index is 0.0511. The zero-order valence-electron chi connectivity index (χ0n) is 9.88. The summed E-state index contributed by atoms with van der Waals surface area (Å²) in [6, 6.07) is 4.57. The molecule has 0 aromatic carbocycles. The number of carbonyl (C=O) groups is 1. The standard InChI is InChI=1S/C12H13FN4O/c1-9(8-17-7-3-6-15-17)16-12(18)10-4-2-5-14-11(10)13/h2-7,9H,8H2,1H3,(H,16,18). The molecule has 0 fully saturated rings. The number of nitrogens with zero attached hydrogens (tertiary/aromatic N) is 3. The lowest BCUT2D eigenvalue weighted by Crippen LogP contribution is -2.36. The van der Waals surface area contributed by atoms with Gasteiger partial charge in [0.1, 0.15) is 0 Å². The summed E-state index contributed by atoms with van der Waals surface area (Å²) in [5, 5.41) is 6.73. The third-order valence-corrected chi connectivity index (χ3v) is 2.40. The van der Waals surface area contributed by atoms with E-state index in [0.29, 0.717) is 6.54 Å². The molecule has 1 unspecified atom stereocenters. The number of amides is 1. The summed E-state index contributed by atoms with van der Waals surface area (Å²) in [7, 11) is 0. The summed E-state index contributed by atoms with van der Waals surface area (Å²) in [5.41, 5.74) is -0.0511. The first kappa shape index (κ1) is 12.2. The number of nitrogens with one attached hydrogen (secondary N) is 1. The maximum Gasteiger partial charge on any atom is 0.256 e. The van der Waals surface area contributed by atoms with Gasteiger partial charge >= 0.3 is 0 Å². The number of halogens is 1. The molecule has 1 atom stereocenters. The van der Waals surface area contributed by atoms with Crippen LogP contribution in [-0.4, -0.2) is 26.7 Å². The van der Waals surface area contributed by atoms with Gasteiger partial charge in [-0.3, -0.25) is 9.48 Å². The van der Waals surface area contributed by atoms with Crippen molar-refractivity contribution in [1.82, 2.24) is 20.1 Å². The summed E-state index contributed by atoms with van der Waals surface area (Å²) in [6.45, 7) is 2.36. The minimum Gasteiger partial charge on any atom is -0.348 e. The van der Waals surface area contributed by atoms with Gasteiger partial charge in [-0.2, -0.15) is 9.49 Å². The summed E-state index contributed by atoms with van der Waals surface area (Å²) in [5.74, 6) is -1.23. The van der Waals surface area contributed by atoms with E-state index in [-0.39, 0.29) is 11.6 Å². The Morgan fingerprint density at radius 1 is 1.50 bits per heavy atom. The Morgan fingerprint density at radius 2 is 2.33 bits per heavy atom. The van der Waals surface area contributed by atoms with E-state index in [4.69, 9.17) is 0 Å². The van der Waals surface area contributed by atoms with E-state index in [1.54, 1.807) is 23.1 Å². The van der Waals surface area contributed by atoms with Crippen molar-refractivity contribution in [2.75, 3.05) is 0 Å². The Hall–Kier alpha value is -2.24. The summed E-state index contributed by atoms with van der Waals surface area (Å²) in [6.07, 6.45) is 4.77. The number of carbonyl (C=O) groups excluding carboxylic acids is 1. The van der Waals surface area contributed by atoms with Gasteiger partial charge in [0, 0.05) is 24.6 Å². The van der Waals surface area contributed by atoms with Gasteiger partial charge in [0.05, 0.1) is 12.1 Å². The molecule has 0 saturated heterocycles. The van der Waals surface area contributed by atoms with Gasteiger partial charge in [-0.1, -0.05) is 0 Å². The lowest BCUT2D eigenvalue weighted by Gasteiger charge is -2.13. The average Bonchev–Trinajstić information content (AvgIpc) is 2.82. The quantitative estimate of drug-likeness (QED) is 0.828. The van der Waals surface area contributed by atoms with Crippen molar-refractivity contribution in [2.24, 2.45) is 0 Å². The fourth-order valence-electron chi connectivity index (χ4n) is 1.59. The molecule has 1 amide bonds. The first-order valence-corrected chi connectivity index (χ1v) is 5.55. The van der Waals surface area contributed by atoms with Crippen molar-refractivity contribution >= 4 is 5.91 Å². The summed E-state index contributed by atoms with van der Waals surface area (Å²) < 4.78 is 15.0. The summed E-state index contributed by atoms with van der Waals surface area (Å²) >= 11 is 0. The molecule has 0 radical (unpaired) electrons. The Morgan fingerprint density at radius 3 is 3.00 bits per heavy atom. The SMILES string of the molecule is CC(Cn1cccn1)NC(=O)c1cccnc1F. The maximum atomic E-state index is 13.3. The molecule has 0 aliphatic carbocycles. The first-order valence-electron chi connectivity index (χ1n) is 5.55. The number of aromatic nitrogens is 3. The van der Waals surface area contributed by atoms with Crippen LogP contribution in [0.2, 0.25) is 0 Å². The third kappa shape index (κ3) is 2.91. The Kier molecular flexibility index (Phi) is 3.66. The van der Waals surface area contributed by atoms with Gasteiger partial charge in [0.25, 0.3) is 5.91 Å². The third-order valence-electron chi connectivity index (χ3n) is 2.40. The van der Waals surface area contributed by atoms with Crippen LogP contribution in [0.4, 0.5) is 4.39 Å². The molecule has 0 spiro atoms. The molecule has 2 heterocycles. The maximum absolute atomic E-state index is 13.3. The van der Waals surface area contributed by atoms with Crippen LogP contribution in [0.1, 0.15) is 17.3 Å². The van der Waals surface area contributed by atoms with Crippen LogP contribution >= 0.6 is 0 Å². The van der Waals surface area contributed by atoms with Gasteiger partial charge in [0.2, 0.25) is 5.95 Å². The zero-order valence-corrected chi connectivity index (χ0v) is 9.88. The monoisotopic (exact) mass is 248 g/mol. The lowest BCUT2D eigenvalue weighted by atomic mass is 10.2. The van der Waals surface area contributed by atoms with Gasteiger partial charge < -0.3 is 5.32 Å². The number of hydrogen-bond acceptors (Lipinski definition) is 3. The number of pyridine rings is 1. The van der Waals surface area contributed by atoms with Gasteiger partial charge in [0.15, 0.2) is 0 Å². The van der Waals surface area contributed by atoms with Crippen LogP contribution in [0.15, 0.2) is 36.8 Å². The van der Waals surface area contributed by atoms with E-state index in [1.807, 2.05) is 6.92 Å². The molecular formula is C12H13FN4O. The van der Waals surface area contributed by atoms with E-state index in [1.165, 1.54) is 18.3 Å². The van der Waals surface area contributed by atoms with Crippen LogP contribution in [0.5, 0.6) is 0 Å². The van der Waals surface area contributed by atoms with Gasteiger partial charge in [-0.25, -0.2) is 4.98 Å². The molecular weight excluding hydrogens is 235 g/mol. The van der Waals surface area contributed by atoms with Crippen LogP contribution < -0.4 is 5.32 Å². The Labute approximate surface area is 104 Å². The van der Waals surface area contributed by atoms with E-state index in [0.717, 1.165) is 0 Å². The highest BCUT2D eigenvalue weighted by Gasteiger charge is 2.14. The molecule has 2 aromatic heterocycles. The average molecular weight is 248 g/mol. The lowest BCUT2D eigenvalue weighted by molar-refractivity contribution is 0.0931. The predicted octanol–water partition coefficient (Wildman–Crippen LogP) is 1.24. The van der Waals surface area contributed by atoms with Crippen LogP contribution in [-0.2, 0) is 6.54 Å². The van der Waals surface area contributed by atoms with Crippen molar-refractivity contribution in [1.29, 1.82) is 0 Å². The number of rotatable bonds is 4. The molecule has 0 saturated carbocycles. The highest BCUT2D eigenvalue weighted by Crippen LogP contribution is 2.03. The first-order chi connectivity index (χ1) is 8.66. The highest BCUT2D eigenvalue weighted by molar-refractivity contribution is 5.94. The molecule has 6 heteroatoms. The van der Waals surface area contributed by atoms with Gasteiger partial charge in [-0.15, -0.1) is 0 Å².